The molecule has 0 amide bonds. The van der Waals surface area contributed by atoms with Gasteiger partial charge in [0.15, 0.2) is 0 Å². The fourth-order valence-electron chi connectivity index (χ4n) is 4.14. The number of nitrogens with zero attached hydrogens (tertiary/aromatic N) is 5. The number of hydrogen-bond acceptors (Lipinski definition) is 4. The van der Waals surface area contributed by atoms with Crippen LogP contribution in [0, 0.1) is 25.1 Å². The third kappa shape index (κ3) is 4.85. The number of benzene rings is 2. The van der Waals surface area contributed by atoms with Crippen LogP contribution in [0.2, 0.25) is 5.02 Å². The van der Waals surface area contributed by atoms with Crippen molar-refractivity contribution in [3.05, 3.63) is 58.1 Å². The Morgan fingerprint density at radius 3 is 2.36 bits per heavy atom. The van der Waals surface area contributed by atoms with E-state index in [0.717, 1.165) is 57.8 Å². The van der Waals surface area contributed by atoms with E-state index in [1.54, 1.807) is 6.07 Å². The molecular weight excluding hydrogens is 494 g/mol. The number of aromatic nitrogens is 4. The van der Waals surface area contributed by atoms with Gasteiger partial charge >= 0.3 is 6.18 Å². The third-order valence-corrected chi connectivity index (χ3v) is 6.66. The molecule has 36 heavy (non-hydrogen) atoms. The van der Waals surface area contributed by atoms with Gasteiger partial charge in [0.2, 0.25) is 0 Å². The van der Waals surface area contributed by atoms with E-state index in [9.17, 15) is 17.6 Å². The van der Waals surface area contributed by atoms with Crippen molar-refractivity contribution in [1.82, 2.24) is 19.6 Å². The number of alkyl halides is 3. The van der Waals surface area contributed by atoms with Crippen LogP contribution in [0.15, 0.2) is 30.3 Å². The summed E-state index contributed by atoms with van der Waals surface area (Å²) in [5.74, 6) is 1.41. The van der Waals surface area contributed by atoms with E-state index in [1.807, 2.05) is 11.3 Å². The van der Waals surface area contributed by atoms with Crippen LogP contribution in [0.4, 0.5) is 29.1 Å². The molecule has 0 aliphatic carbocycles. The van der Waals surface area contributed by atoms with E-state index in [0.29, 0.717) is 22.8 Å². The monoisotopic (exact) mass is 521 g/mol. The molecule has 0 fully saturated rings. The number of fused-ring (bicyclic) bond motifs is 4. The Morgan fingerprint density at radius 2 is 1.69 bits per heavy atom. The first kappa shape index (κ1) is 26.1. The predicted molar refractivity (Wildman–Crippen MR) is 135 cm³/mol. The summed E-state index contributed by atoms with van der Waals surface area (Å²) in [5.41, 5.74) is 2.91. The summed E-state index contributed by atoms with van der Waals surface area (Å²) < 4.78 is 50.9. The number of rotatable bonds is 1. The van der Waals surface area contributed by atoms with Crippen molar-refractivity contribution >= 4 is 39.8 Å². The first-order chi connectivity index (χ1) is 16.8. The van der Waals surface area contributed by atoms with Crippen molar-refractivity contribution in [2.45, 2.75) is 60.1 Å². The lowest BCUT2D eigenvalue weighted by Gasteiger charge is -2.26. The van der Waals surface area contributed by atoms with Crippen LogP contribution < -0.4 is 4.90 Å². The molecule has 0 N–H and O–H groups in total. The van der Waals surface area contributed by atoms with Crippen molar-refractivity contribution in [3.8, 4) is 0 Å². The fraction of sp³-hybridized carbons (Fsp3) is 0.423. The summed E-state index contributed by atoms with van der Waals surface area (Å²) >= 11 is 6.11. The minimum Gasteiger partial charge on any atom is -0.325 e. The second-order valence-corrected chi connectivity index (χ2v) is 10.4. The Hall–Kier alpha value is -2.94. The lowest BCUT2D eigenvalue weighted by atomic mass is 9.96. The van der Waals surface area contributed by atoms with Gasteiger partial charge in [-0.3, -0.25) is 4.40 Å². The molecule has 0 atom stereocenters. The van der Waals surface area contributed by atoms with Gasteiger partial charge < -0.3 is 4.90 Å². The number of anilines is 2. The Labute approximate surface area is 212 Å². The van der Waals surface area contributed by atoms with Crippen molar-refractivity contribution < 1.29 is 17.6 Å². The van der Waals surface area contributed by atoms with E-state index in [2.05, 4.69) is 40.2 Å². The van der Waals surface area contributed by atoms with Crippen LogP contribution in [-0.4, -0.2) is 32.3 Å². The Morgan fingerprint density at radius 1 is 1.00 bits per heavy atom. The van der Waals surface area contributed by atoms with Gasteiger partial charge in [0.05, 0.1) is 16.0 Å². The molecule has 1 aliphatic rings. The molecule has 0 saturated carbocycles. The standard InChI is InChI=1S/C21H19ClFN5.C5H9F3/c1-12-6-5-8-18-14(12)7-3-4-9-27(18)20-15-10-17(23)16(22)11-19(15)28-13(2)25-26-21(28)24-20;1-4(2,3)5(6,7)8/h5-6,8,10-11H,3-4,7,9H2,1-2H3;1-3H3. The molecule has 5 nitrogen and oxygen atoms in total. The van der Waals surface area contributed by atoms with Crippen molar-refractivity contribution in [3.63, 3.8) is 0 Å². The summed E-state index contributed by atoms with van der Waals surface area (Å²) in [4.78, 5) is 6.98. The normalized spacial score (nSPS) is 14.4. The topological polar surface area (TPSA) is 46.3 Å². The quantitative estimate of drug-likeness (QED) is 0.240. The van der Waals surface area contributed by atoms with Crippen LogP contribution in [0.3, 0.4) is 0 Å². The van der Waals surface area contributed by atoms with Gasteiger partial charge in [0.1, 0.15) is 17.5 Å². The Bertz CT molecular complexity index is 1410. The second-order valence-electron chi connectivity index (χ2n) is 10.0. The number of aryl methyl sites for hydroxylation is 2. The molecule has 0 spiro atoms. The highest BCUT2D eigenvalue weighted by Gasteiger charge is 2.42. The molecular formula is C26H28ClF4N5. The lowest BCUT2D eigenvalue weighted by molar-refractivity contribution is -0.204. The minimum absolute atomic E-state index is 0.0751. The van der Waals surface area contributed by atoms with Crippen molar-refractivity contribution in [2.24, 2.45) is 5.41 Å². The van der Waals surface area contributed by atoms with Crippen LogP contribution >= 0.6 is 11.6 Å². The molecule has 2 aromatic carbocycles. The highest BCUT2D eigenvalue weighted by Crippen LogP contribution is 2.38. The third-order valence-electron chi connectivity index (χ3n) is 6.37. The van der Waals surface area contributed by atoms with E-state index >= 15 is 0 Å². The molecule has 0 bridgehead atoms. The maximum atomic E-state index is 14.4. The first-order valence-electron chi connectivity index (χ1n) is 11.7. The van der Waals surface area contributed by atoms with Crippen LogP contribution in [0.1, 0.15) is 50.6 Å². The van der Waals surface area contributed by atoms with Crippen molar-refractivity contribution in [2.75, 3.05) is 11.4 Å². The highest BCUT2D eigenvalue weighted by molar-refractivity contribution is 6.31. The van der Waals surface area contributed by atoms with E-state index in [-0.39, 0.29) is 5.02 Å². The summed E-state index contributed by atoms with van der Waals surface area (Å²) in [6.45, 7) is 8.24. The predicted octanol–water partition coefficient (Wildman–Crippen LogP) is 7.76. The molecule has 3 heterocycles. The van der Waals surface area contributed by atoms with E-state index in [4.69, 9.17) is 16.6 Å². The smallest absolute Gasteiger partial charge is 0.325 e. The van der Waals surface area contributed by atoms with Crippen molar-refractivity contribution in [1.29, 1.82) is 0 Å². The molecule has 2 aromatic heterocycles. The molecule has 0 saturated heterocycles. The average Bonchev–Trinajstić information content (AvgIpc) is 3.01. The van der Waals surface area contributed by atoms with Gasteiger partial charge in [-0.2, -0.15) is 18.2 Å². The average molecular weight is 522 g/mol. The first-order valence-corrected chi connectivity index (χ1v) is 12.1. The highest BCUT2D eigenvalue weighted by atomic mass is 35.5. The van der Waals surface area contributed by atoms with Crippen LogP contribution in [0.25, 0.3) is 16.7 Å². The zero-order valence-corrected chi connectivity index (χ0v) is 21.6. The fourth-order valence-corrected chi connectivity index (χ4v) is 4.30. The Kier molecular flexibility index (Phi) is 6.90. The Balaban J connectivity index is 0.000000331. The molecule has 10 heteroatoms. The lowest BCUT2D eigenvalue weighted by Crippen LogP contribution is -2.28. The zero-order valence-electron chi connectivity index (χ0n) is 20.8. The maximum Gasteiger partial charge on any atom is 0.393 e. The van der Waals surface area contributed by atoms with Crippen LogP contribution in [0.5, 0.6) is 0 Å². The molecule has 0 radical (unpaired) electrons. The van der Waals surface area contributed by atoms with Gasteiger partial charge in [-0.1, -0.05) is 44.5 Å². The van der Waals surface area contributed by atoms with Gasteiger partial charge in [-0.05, 0) is 62.4 Å². The van der Waals surface area contributed by atoms with Gasteiger partial charge in [0, 0.05) is 17.6 Å². The van der Waals surface area contributed by atoms with E-state index < -0.39 is 17.4 Å². The maximum absolute atomic E-state index is 14.4. The summed E-state index contributed by atoms with van der Waals surface area (Å²) in [6.07, 6.45) is -0.890. The minimum atomic E-state index is -4.06. The SMILES string of the molecule is CC(C)(C)C(F)(F)F.Cc1cccc2c1CCCCN2c1nc2nnc(C)n2c2cc(Cl)c(F)cc12. The van der Waals surface area contributed by atoms with Gasteiger partial charge in [-0.25, -0.2) is 4.39 Å². The number of halogens is 5. The molecule has 1 aliphatic heterocycles. The summed E-state index contributed by atoms with van der Waals surface area (Å²) in [6, 6.07) is 9.42. The molecule has 4 aromatic rings. The second kappa shape index (κ2) is 9.50. The molecule has 5 rings (SSSR count). The van der Waals surface area contributed by atoms with Crippen LogP contribution in [-0.2, 0) is 6.42 Å². The summed E-state index contributed by atoms with van der Waals surface area (Å²) in [7, 11) is 0. The molecule has 0 unspecified atom stereocenters. The summed E-state index contributed by atoms with van der Waals surface area (Å²) in [5, 5.41) is 9.14. The zero-order chi connectivity index (χ0) is 26.4. The number of hydrogen-bond donors (Lipinski definition) is 0. The van der Waals surface area contributed by atoms with E-state index in [1.165, 1.54) is 17.2 Å². The van der Waals surface area contributed by atoms with Gasteiger partial charge in [0.25, 0.3) is 5.78 Å². The van der Waals surface area contributed by atoms with Gasteiger partial charge in [-0.15, -0.1) is 10.2 Å². The largest absolute Gasteiger partial charge is 0.393 e. The molecule has 192 valence electrons.